The lowest BCUT2D eigenvalue weighted by molar-refractivity contribution is 0.108. The second-order valence-corrected chi connectivity index (χ2v) is 4.97. The van der Waals surface area contributed by atoms with Gasteiger partial charge in [0, 0.05) is 0 Å². The van der Waals surface area contributed by atoms with Crippen LogP contribution in [-0.2, 0) is 0 Å². The van der Waals surface area contributed by atoms with E-state index in [0.717, 1.165) is 11.8 Å². The van der Waals surface area contributed by atoms with Crippen molar-refractivity contribution in [1.29, 1.82) is 0 Å². The molecule has 0 aliphatic carbocycles. The van der Waals surface area contributed by atoms with Gasteiger partial charge in [0.1, 0.15) is 11.9 Å². The molecule has 2 aromatic rings. The first-order valence-corrected chi connectivity index (χ1v) is 7.36. The molecule has 0 saturated carbocycles. The molecule has 1 aromatic heterocycles. The number of hydrogen-bond donors (Lipinski definition) is 0. The fourth-order valence-electron chi connectivity index (χ4n) is 1.58. The minimum absolute atomic E-state index is 0.0637. The third-order valence-electron chi connectivity index (χ3n) is 2.54. The summed E-state index contributed by atoms with van der Waals surface area (Å²) in [5.74, 6) is -0.905. The number of carbonyl (C=O) groups is 1. The monoisotopic (exact) mass is 324 g/mol. The molecule has 2 rings (SSSR count). The van der Waals surface area contributed by atoms with Crippen molar-refractivity contribution in [3.05, 3.63) is 53.2 Å². The van der Waals surface area contributed by atoms with Crippen LogP contribution in [0.5, 0.6) is 11.6 Å². The van der Waals surface area contributed by atoms with E-state index in [1.54, 1.807) is 6.26 Å². The fourth-order valence-corrected chi connectivity index (χ4v) is 2.18. The van der Waals surface area contributed by atoms with Crippen LogP contribution >= 0.6 is 23.4 Å². The number of thioether (sulfide) groups is 1. The van der Waals surface area contributed by atoms with Gasteiger partial charge in [-0.25, -0.2) is 14.4 Å². The van der Waals surface area contributed by atoms with E-state index in [-0.39, 0.29) is 27.3 Å². The summed E-state index contributed by atoms with van der Waals surface area (Å²) in [4.78, 5) is 19.8. The van der Waals surface area contributed by atoms with E-state index in [4.69, 9.17) is 16.3 Å². The van der Waals surface area contributed by atoms with Gasteiger partial charge in [0.05, 0.1) is 10.7 Å². The van der Waals surface area contributed by atoms with Crippen molar-refractivity contribution in [2.24, 2.45) is 0 Å². The lowest BCUT2D eigenvalue weighted by Crippen LogP contribution is -2.05. The van der Waals surface area contributed by atoms with Crippen molar-refractivity contribution in [1.82, 2.24) is 9.97 Å². The highest BCUT2D eigenvalue weighted by molar-refractivity contribution is 8.13. The molecular formula is C14H10ClFN2O2S. The van der Waals surface area contributed by atoms with Gasteiger partial charge in [-0.1, -0.05) is 36.0 Å². The van der Waals surface area contributed by atoms with E-state index in [1.165, 1.54) is 30.6 Å². The van der Waals surface area contributed by atoms with Gasteiger partial charge in [-0.3, -0.25) is 4.79 Å². The Morgan fingerprint density at radius 3 is 2.86 bits per heavy atom. The van der Waals surface area contributed by atoms with Crippen LogP contribution < -0.4 is 4.74 Å². The Morgan fingerprint density at radius 2 is 2.24 bits per heavy atom. The Bertz CT molecular complexity index is 689. The summed E-state index contributed by atoms with van der Waals surface area (Å²) in [6.45, 7) is 3.58. The number of rotatable bonds is 4. The molecule has 0 N–H and O–H groups in total. The molecule has 0 aliphatic rings. The first-order valence-electron chi connectivity index (χ1n) is 5.76. The molecular weight excluding hydrogens is 315 g/mol. The highest BCUT2D eigenvalue weighted by Gasteiger charge is 2.20. The number of halogens is 2. The standard InChI is InChI=1S/C14H10ClFN2O2S/c1-3-10-11(14(19)21-2)13(18-7-17-10)20-12-8(15)5-4-6-9(12)16/h3-7H,1H2,2H3. The molecule has 108 valence electrons. The number of ether oxygens (including phenoxy) is 1. The molecule has 0 amide bonds. The van der Waals surface area contributed by atoms with Crippen LogP contribution in [-0.4, -0.2) is 21.3 Å². The van der Waals surface area contributed by atoms with Crippen LogP contribution in [0.2, 0.25) is 5.02 Å². The summed E-state index contributed by atoms with van der Waals surface area (Å²) in [5.41, 5.74) is 0.436. The molecule has 4 nitrogen and oxygen atoms in total. The molecule has 0 spiro atoms. The normalized spacial score (nSPS) is 10.2. The zero-order valence-corrected chi connectivity index (χ0v) is 12.5. The van der Waals surface area contributed by atoms with Crippen molar-refractivity contribution in [2.45, 2.75) is 0 Å². The van der Waals surface area contributed by atoms with E-state index in [2.05, 4.69) is 16.5 Å². The van der Waals surface area contributed by atoms with Crippen molar-refractivity contribution < 1.29 is 13.9 Å². The summed E-state index contributed by atoms with van der Waals surface area (Å²) in [6, 6.07) is 4.13. The number of hydrogen-bond acceptors (Lipinski definition) is 5. The Kier molecular flexibility index (Phi) is 4.93. The zero-order chi connectivity index (χ0) is 15.4. The van der Waals surface area contributed by atoms with Crippen LogP contribution in [0.3, 0.4) is 0 Å². The molecule has 0 unspecified atom stereocenters. The Hall–Kier alpha value is -1.92. The van der Waals surface area contributed by atoms with Crippen LogP contribution in [0, 0.1) is 5.82 Å². The van der Waals surface area contributed by atoms with Gasteiger partial charge in [-0.15, -0.1) is 0 Å². The topological polar surface area (TPSA) is 52.1 Å². The van der Waals surface area contributed by atoms with Crippen LogP contribution in [0.25, 0.3) is 6.08 Å². The van der Waals surface area contributed by atoms with Crippen molar-refractivity contribution in [3.8, 4) is 11.6 Å². The smallest absolute Gasteiger partial charge is 0.234 e. The molecule has 0 atom stereocenters. The van der Waals surface area contributed by atoms with E-state index < -0.39 is 5.82 Å². The molecule has 7 heteroatoms. The van der Waals surface area contributed by atoms with Crippen molar-refractivity contribution in [2.75, 3.05) is 6.26 Å². The number of nitrogens with zero attached hydrogens (tertiary/aromatic N) is 2. The predicted molar refractivity (Wildman–Crippen MR) is 81.5 cm³/mol. The maximum atomic E-state index is 13.8. The van der Waals surface area contributed by atoms with Gasteiger partial charge >= 0.3 is 0 Å². The fraction of sp³-hybridized carbons (Fsp3) is 0.0714. The van der Waals surface area contributed by atoms with E-state index >= 15 is 0 Å². The average Bonchev–Trinajstić information content (AvgIpc) is 2.50. The van der Waals surface area contributed by atoms with E-state index in [0.29, 0.717) is 5.69 Å². The number of carbonyl (C=O) groups excluding carboxylic acids is 1. The first-order chi connectivity index (χ1) is 10.1. The number of benzene rings is 1. The number of para-hydroxylation sites is 1. The van der Waals surface area contributed by atoms with Crippen molar-refractivity contribution in [3.63, 3.8) is 0 Å². The van der Waals surface area contributed by atoms with Gasteiger partial charge in [0.15, 0.2) is 11.6 Å². The van der Waals surface area contributed by atoms with Gasteiger partial charge < -0.3 is 4.74 Å². The predicted octanol–water partition coefficient (Wildman–Crippen LogP) is 4.21. The third kappa shape index (κ3) is 3.22. The highest BCUT2D eigenvalue weighted by Crippen LogP contribution is 2.34. The van der Waals surface area contributed by atoms with Crippen LogP contribution in [0.1, 0.15) is 16.1 Å². The Morgan fingerprint density at radius 1 is 1.48 bits per heavy atom. The Labute approximate surface area is 130 Å². The molecule has 0 bridgehead atoms. The summed E-state index contributed by atoms with van der Waals surface area (Å²) >= 11 is 6.87. The van der Waals surface area contributed by atoms with Gasteiger partial charge in [0.25, 0.3) is 0 Å². The summed E-state index contributed by atoms with van der Waals surface area (Å²) in [7, 11) is 0. The van der Waals surface area contributed by atoms with Gasteiger partial charge in [0.2, 0.25) is 11.0 Å². The average molecular weight is 325 g/mol. The highest BCUT2D eigenvalue weighted by atomic mass is 35.5. The first kappa shape index (κ1) is 15.5. The molecule has 0 fully saturated rings. The second-order valence-electron chi connectivity index (χ2n) is 3.79. The zero-order valence-electron chi connectivity index (χ0n) is 11.0. The van der Waals surface area contributed by atoms with Gasteiger partial charge in [-0.2, -0.15) is 0 Å². The quantitative estimate of drug-likeness (QED) is 0.843. The molecule has 0 aliphatic heterocycles. The van der Waals surface area contributed by atoms with Crippen LogP contribution in [0.4, 0.5) is 4.39 Å². The molecule has 0 radical (unpaired) electrons. The summed E-state index contributed by atoms with van der Waals surface area (Å²) in [6.07, 6.45) is 4.22. The lowest BCUT2D eigenvalue weighted by Gasteiger charge is -2.11. The lowest BCUT2D eigenvalue weighted by atomic mass is 10.2. The molecule has 1 heterocycles. The molecule has 1 aromatic carbocycles. The number of aromatic nitrogens is 2. The minimum atomic E-state index is -0.649. The third-order valence-corrected chi connectivity index (χ3v) is 3.41. The largest absolute Gasteiger partial charge is 0.433 e. The Balaban J connectivity index is 2.54. The minimum Gasteiger partial charge on any atom is -0.433 e. The molecule has 21 heavy (non-hydrogen) atoms. The molecule has 0 saturated heterocycles. The SMILES string of the molecule is C=Cc1ncnc(Oc2c(F)cccc2Cl)c1C(=O)SC. The maximum Gasteiger partial charge on any atom is 0.234 e. The van der Waals surface area contributed by atoms with E-state index in [9.17, 15) is 9.18 Å². The summed E-state index contributed by atoms with van der Waals surface area (Å²) in [5, 5.41) is -0.232. The summed E-state index contributed by atoms with van der Waals surface area (Å²) < 4.78 is 19.2. The van der Waals surface area contributed by atoms with Gasteiger partial charge in [-0.05, 0) is 24.5 Å². The van der Waals surface area contributed by atoms with Crippen molar-refractivity contribution >= 4 is 34.6 Å². The maximum absolute atomic E-state index is 13.8. The van der Waals surface area contributed by atoms with Crippen LogP contribution in [0.15, 0.2) is 31.1 Å². The second kappa shape index (κ2) is 6.69. The van der Waals surface area contributed by atoms with E-state index in [1.807, 2.05) is 0 Å².